The molecule has 114 valence electrons. The normalized spacial score (nSPS) is 31.7. The molecule has 1 aromatic carbocycles. The number of hydrogen-bond donors (Lipinski definition) is 2. The first-order valence-corrected chi connectivity index (χ1v) is 8.28. The smallest absolute Gasteiger partial charge is 0.217 e. The van der Waals surface area contributed by atoms with Crippen LogP contribution in [0.5, 0.6) is 0 Å². The van der Waals surface area contributed by atoms with Gasteiger partial charge in [0.1, 0.15) is 0 Å². The van der Waals surface area contributed by atoms with Crippen LogP contribution in [0, 0.1) is 5.92 Å². The first-order valence-electron chi connectivity index (χ1n) is 8.28. The Balaban J connectivity index is 1.35. The molecule has 3 nitrogen and oxygen atoms in total. The van der Waals surface area contributed by atoms with Crippen LogP contribution < -0.4 is 10.6 Å². The predicted molar refractivity (Wildman–Crippen MR) is 85.2 cm³/mol. The third-order valence-electron chi connectivity index (χ3n) is 4.94. The van der Waals surface area contributed by atoms with Crippen molar-refractivity contribution in [2.75, 3.05) is 6.54 Å². The molecule has 0 spiro atoms. The van der Waals surface area contributed by atoms with Crippen molar-refractivity contribution in [1.29, 1.82) is 0 Å². The van der Waals surface area contributed by atoms with E-state index in [4.69, 9.17) is 0 Å². The fourth-order valence-corrected chi connectivity index (χ4v) is 3.61. The van der Waals surface area contributed by atoms with Gasteiger partial charge in [0, 0.05) is 24.9 Å². The van der Waals surface area contributed by atoms with E-state index in [2.05, 4.69) is 41.0 Å². The van der Waals surface area contributed by atoms with E-state index in [9.17, 15) is 4.79 Å². The van der Waals surface area contributed by atoms with Crippen LogP contribution in [0.4, 0.5) is 0 Å². The Hall–Kier alpha value is -1.35. The Bertz CT molecular complexity index is 465. The summed E-state index contributed by atoms with van der Waals surface area (Å²) in [7, 11) is 0. The number of amides is 1. The van der Waals surface area contributed by atoms with Crippen molar-refractivity contribution in [2.45, 2.75) is 57.0 Å². The molecule has 2 N–H and O–H groups in total. The van der Waals surface area contributed by atoms with Crippen LogP contribution in [0.2, 0.25) is 0 Å². The number of nitrogens with one attached hydrogen (secondary N) is 2. The van der Waals surface area contributed by atoms with Crippen LogP contribution in [-0.2, 0) is 4.79 Å². The van der Waals surface area contributed by atoms with Gasteiger partial charge in [-0.3, -0.25) is 4.79 Å². The predicted octanol–water partition coefficient (Wildman–Crippen LogP) is 2.83. The summed E-state index contributed by atoms with van der Waals surface area (Å²) in [5.74, 6) is 1.62. The monoisotopic (exact) mass is 286 g/mol. The van der Waals surface area contributed by atoms with Crippen molar-refractivity contribution in [2.24, 2.45) is 5.92 Å². The molecule has 0 unspecified atom stereocenters. The van der Waals surface area contributed by atoms with Crippen molar-refractivity contribution >= 4 is 5.91 Å². The van der Waals surface area contributed by atoms with E-state index in [0.717, 1.165) is 31.2 Å². The van der Waals surface area contributed by atoms with E-state index in [0.29, 0.717) is 12.1 Å². The molecule has 0 aromatic heterocycles. The standard InChI is InChI=1S/C18H26N2O/c1-13(21)20-16-9-7-14(8-10-16)12-19-18-11-17(18)15-5-3-2-4-6-15/h2-6,14,16-19H,7-12H2,1H3,(H,20,21)/t14?,16?,17-,18+/m0/s1. The molecular weight excluding hydrogens is 260 g/mol. The largest absolute Gasteiger partial charge is 0.354 e. The van der Waals surface area contributed by atoms with Crippen LogP contribution in [0.15, 0.2) is 30.3 Å². The zero-order valence-electron chi connectivity index (χ0n) is 12.8. The molecule has 2 aliphatic carbocycles. The van der Waals surface area contributed by atoms with Gasteiger partial charge < -0.3 is 10.6 Å². The molecule has 2 aliphatic rings. The maximum atomic E-state index is 11.1. The van der Waals surface area contributed by atoms with Gasteiger partial charge >= 0.3 is 0 Å². The Morgan fingerprint density at radius 1 is 1.14 bits per heavy atom. The molecule has 2 fully saturated rings. The van der Waals surface area contributed by atoms with E-state index in [-0.39, 0.29) is 5.91 Å². The fraction of sp³-hybridized carbons (Fsp3) is 0.611. The van der Waals surface area contributed by atoms with E-state index in [1.54, 1.807) is 6.92 Å². The highest BCUT2D eigenvalue weighted by Gasteiger charge is 2.38. The Labute approximate surface area is 127 Å². The molecule has 0 radical (unpaired) electrons. The molecule has 2 atom stereocenters. The second-order valence-corrected chi connectivity index (χ2v) is 6.69. The summed E-state index contributed by atoms with van der Waals surface area (Å²) in [4.78, 5) is 11.1. The average molecular weight is 286 g/mol. The summed E-state index contributed by atoms with van der Waals surface area (Å²) >= 11 is 0. The lowest BCUT2D eigenvalue weighted by atomic mass is 9.86. The fourth-order valence-electron chi connectivity index (χ4n) is 3.61. The summed E-state index contributed by atoms with van der Waals surface area (Å²) in [5.41, 5.74) is 1.48. The Morgan fingerprint density at radius 2 is 1.86 bits per heavy atom. The number of hydrogen-bond acceptors (Lipinski definition) is 2. The van der Waals surface area contributed by atoms with Crippen molar-refractivity contribution in [3.63, 3.8) is 0 Å². The van der Waals surface area contributed by atoms with Crippen molar-refractivity contribution in [1.82, 2.24) is 10.6 Å². The third kappa shape index (κ3) is 4.07. The number of rotatable bonds is 5. The first-order chi connectivity index (χ1) is 10.2. The molecule has 2 saturated carbocycles. The lowest BCUT2D eigenvalue weighted by Gasteiger charge is -2.29. The molecule has 3 rings (SSSR count). The van der Waals surface area contributed by atoms with Crippen LogP contribution in [0.1, 0.15) is 50.5 Å². The summed E-state index contributed by atoms with van der Waals surface area (Å²) in [5, 5.41) is 6.79. The Morgan fingerprint density at radius 3 is 2.52 bits per heavy atom. The van der Waals surface area contributed by atoms with Crippen molar-refractivity contribution in [3.05, 3.63) is 35.9 Å². The van der Waals surface area contributed by atoms with Gasteiger partial charge in [-0.15, -0.1) is 0 Å². The van der Waals surface area contributed by atoms with Crippen molar-refractivity contribution < 1.29 is 4.79 Å². The maximum Gasteiger partial charge on any atom is 0.217 e. The summed E-state index contributed by atoms with van der Waals surface area (Å²) in [6, 6.07) is 11.9. The molecule has 0 bridgehead atoms. The third-order valence-corrected chi connectivity index (χ3v) is 4.94. The summed E-state index contributed by atoms with van der Waals surface area (Å²) < 4.78 is 0. The van der Waals surface area contributed by atoms with Crippen LogP contribution in [-0.4, -0.2) is 24.5 Å². The van der Waals surface area contributed by atoms with Crippen molar-refractivity contribution in [3.8, 4) is 0 Å². The molecule has 1 amide bonds. The Kier molecular flexibility index (Phi) is 4.59. The highest BCUT2D eigenvalue weighted by atomic mass is 16.1. The van der Waals surface area contributed by atoms with Gasteiger partial charge in [-0.1, -0.05) is 30.3 Å². The average Bonchev–Trinajstić information content (AvgIpc) is 3.27. The molecule has 0 heterocycles. The zero-order chi connectivity index (χ0) is 14.7. The number of benzene rings is 1. The van der Waals surface area contributed by atoms with Gasteiger partial charge in [0.05, 0.1) is 0 Å². The molecular formula is C18H26N2O. The quantitative estimate of drug-likeness (QED) is 0.874. The van der Waals surface area contributed by atoms with E-state index >= 15 is 0 Å². The lowest BCUT2D eigenvalue weighted by Crippen LogP contribution is -2.38. The minimum absolute atomic E-state index is 0.111. The SMILES string of the molecule is CC(=O)NC1CCC(CN[C@@H]2C[C@H]2c2ccccc2)CC1. The zero-order valence-corrected chi connectivity index (χ0v) is 12.8. The van der Waals surface area contributed by atoms with Crippen LogP contribution >= 0.6 is 0 Å². The second-order valence-electron chi connectivity index (χ2n) is 6.69. The number of carbonyl (C=O) groups is 1. The highest BCUT2D eigenvalue weighted by Crippen LogP contribution is 2.40. The van der Waals surface area contributed by atoms with Gasteiger partial charge in [0.2, 0.25) is 5.91 Å². The van der Waals surface area contributed by atoms with Crippen LogP contribution in [0.25, 0.3) is 0 Å². The minimum Gasteiger partial charge on any atom is -0.354 e. The van der Waals surface area contributed by atoms with E-state index in [1.165, 1.54) is 24.8 Å². The van der Waals surface area contributed by atoms with Gasteiger partial charge in [-0.05, 0) is 50.1 Å². The number of carbonyl (C=O) groups excluding carboxylic acids is 1. The summed E-state index contributed by atoms with van der Waals surface area (Å²) in [6.07, 6.45) is 6.03. The molecule has 3 heteroatoms. The maximum absolute atomic E-state index is 11.1. The summed E-state index contributed by atoms with van der Waals surface area (Å²) in [6.45, 7) is 2.76. The molecule has 0 aliphatic heterocycles. The lowest BCUT2D eigenvalue weighted by molar-refractivity contribution is -0.119. The molecule has 1 aromatic rings. The van der Waals surface area contributed by atoms with Crippen LogP contribution in [0.3, 0.4) is 0 Å². The first kappa shape index (κ1) is 14.6. The highest BCUT2D eigenvalue weighted by molar-refractivity contribution is 5.73. The van der Waals surface area contributed by atoms with Gasteiger partial charge in [-0.2, -0.15) is 0 Å². The molecule has 21 heavy (non-hydrogen) atoms. The van der Waals surface area contributed by atoms with E-state index < -0.39 is 0 Å². The van der Waals surface area contributed by atoms with E-state index in [1.807, 2.05) is 0 Å². The molecule has 0 saturated heterocycles. The topological polar surface area (TPSA) is 41.1 Å². The minimum atomic E-state index is 0.111. The second kappa shape index (κ2) is 6.61. The van der Waals surface area contributed by atoms with Gasteiger partial charge in [-0.25, -0.2) is 0 Å². The van der Waals surface area contributed by atoms with Gasteiger partial charge in [0.25, 0.3) is 0 Å². The van der Waals surface area contributed by atoms with Gasteiger partial charge in [0.15, 0.2) is 0 Å².